The molecule has 0 spiro atoms. The fourth-order valence-electron chi connectivity index (χ4n) is 2.49. The maximum Gasteiger partial charge on any atom is 0.0807 e. The van der Waals surface area contributed by atoms with Gasteiger partial charge in [0.25, 0.3) is 0 Å². The number of fused-ring (bicyclic) bond motifs is 1. The highest BCUT2D eigenvalue weighted by Gasteiger charge is 2.09. The van der Waals surface area contributed by atoms with Crippen molar-refractivity contribution in [1.82, 2.24) is 0 Å². The predicted octanol–water partition coefficient (Wildman–Crippen LogP) is 5.12. The quantitative estimate of drug-likeness (QED) is 0.634. The minimum absolute atomic E-state index is 0.0845. The van der Waals surface area contributed by atoms with E-state index in [1.54, 1.807) is 0 Å². The Labute approximate surface area is 119 Å². The second-order valence-electron chi connectivity index (χ2n) is 5.01. The summed E-state index contributed by atoms with van der Waals surface area (Å²) in [6.45, 7) is 2.76. The lowest BCUT2D eigenvalue weighted by molar-refractivity contribution is 0.0535. The molecule has 0 amide bonds. The highest BCUT2D eigenvalue weighted by atomic mass is 16.5. The third-order valence-electron chi connectivity index (χ3n) is 3.60. The van der Waals surface area contributed by atoms with Crippen LogP contribution in [0.1, 0.15) is 24.2 Å². The van der Waals surface area contributed by atoms with E-state index >= 15 is 0 Å². The smallest absolute Gasteiger partial charge is 0.0807 e. The molecule has 3 aromatic carbocycles. The lowest BCUT2D eigenvalue weighted by atomic mass is 10.0. The molecule has 1 heteroatoms. The Balaban J connectivity index is 1.80. The first-order valence-corrected chi connectivity index (χ1v) is 6.98. The molecule has 1 nitrogen and oxygen atoms in total. The van der Waals surface area contributed by atoms with Crippen LogP contribution in [0.2, 0.25) is 0 Å². The summed E-state index contributed by atoms with van der Waals surface area (Å²) >= 11 is 0. The van der Waals surface area contributed by atoms with Gasteiger partial charge < -0.3 is 4.74 Å². The van der Waals surface area contributed by atoms with Crippen molar-refractivity contribution >= 4 is 10.8 Å². The Hall–Kier alpha value is -2.12. The second-order valence-corrected chi connectivity index (χ2v) is 5.01. The Morgan fingerprint density at radius 2 is 1.50 bits per heavy atom. The highest BCUT2D eigenvalue weighted by molar-refractivity contribution is 5.85. The highest BCUT2D eigenvalue weighted by Crippen LogP contribution is 2.26. The number of hydrogen-bond acceptors (Lipinski definition) is 1. The van der Waals surface area contributed by atoms with Gasteiger partial charge >= 0.3 is 0 Å². The van der Waals surface area contributed by atoms with Crippen molar-refractivity contribution in [3.05, 3.63) is 83.9 Å². The van der Waals surface area contributed by atoms with E-state index in [0.717, 1.165) is 0 Å². The van der Waals surface area contributed by atoms with E-state index in [-0.39, 0.29) is 6.10 Å². The molecule has 1 atom stereocenters. The number of ether oxygens (including phenoxy) is 1. The molecule has 0 saturated carbocycles. The predicted molar refractivity (Wildman–Crippen MR) is 83.6 cm³/mol. The zero-order chi connectivity index (χ0) is 13.8. The van der Waals surface area contributed by atoms with Crippen molar-refractivity contribution < 1.29 is 4.74 Å². The summed E-state index contributed by atoms with van der Waals surface area (Å²) in [5.41, 5.74) is 2.46. The third-order valence-corrected chi connectivity index (χ3v) is 3.60. The summed E-state index contributed by atoms with van der Waals surface area (Å²) in [4.78, 5) is 0. The van der Waals surface area contributed by atoms with Crippen molar-refractivity contribution in [2.75, 3.05) is 0 Å². The molecule has 0 N–H and O–H groups in total. The fourth-order valence-corrected chi connectivity index (χ4v) is 2.49. The molecule has 0 aromatic heterocycles. The van der Waals surface area contributed by atoms with E-state index in [9.17, 15) is 0 Å². The summed E-state index contributed by atoms with van der Waals surface area (Å²) in [5, 5.41) is 2.54. The summed E-state index contributed by atoms with van der Waals surface area (Å²) in [5.74, 6) is 0. The van der Waals surface area contributed by atoms with Crippen LogP contribution < -0.4 is 0 Å². The van der Waals surface area contributed by atoms with Crippen molar-refractivity contribution in [2.45, 2.75) is 19.6 Å². The molecule has 3 aromatic rings. The van der Waals surface area contributed by atoms with Gasteiger partial charge in [-0.15, -0.1) is 0 Å². The molecule has 0 radical (unpaired) electrons. The molecule has 100 valence electrons. The molecule has 0 aliphatic carbocycles. The van der Waals surface area contributed by atoms with Gasteiger partial charge in [0, 0.05) is 0 Å². The number of hydrogen-bond donors (Lipinski definition) is 0. The van der Waals surface area contributed by atoms with Crippen LogP contribution >= 0.6 is 0 Å². The molecule has 1 unspecified atom stereocenters. The maximum atomic E-state index is 6.02. The summed E-state index contributed by atoms with van der Waals surface area (Å²) < 4.78 is 6.02. The SMILES string of the molecule is CC(OCc1ccccc1)c1cccc2ccccc12. The van der Waals surface area contributed by atoms with Gasteiger partial charge in [-0.25, -0.2) is 0 Å². The minimum Gasteiger partial charge on any atom is -0.369 e. The van der Waals surface area contributed by atoms with Gasteiger partial charge in [0.15, 0.2) is 0 Å². The lowest BCUT2D eigenvalue weighted by Gasteiger charge is -2.16. The van der Waals surface area contributed by atoms with Crippen LogP contribution in [0.3, 0.4) is 0 Å². The Morgan fingerprint density at radius 1 is 0.800 bits per heavy atom. The Kier molecular flexibility index (Phi) is 3.80. The van der Waals surface area contributed by atoms with E-state index in [4.69, 9.17) is 4.74 Å². The number of rotatable bonds is 4. The normalized spacial score (nSPS) is 12.4. The monoisotopic (exact) mass is 262 g/mol. The van der Waals surface area contributed by atoms with Crippen LogP contribution in [-0.4, -0.2) is 0 Å². The summed E-state index contributed by atoms with van der Waals surface area (Å²) in [6, 6.07) is 25.1. The standard InChI is InChI=1S/C19H18O/c1-15(20-14-16-8-3-2-4-9-16)18-13-7-11-17-10-5-6-12-19(17)18/h2-13,15H,14H2,1H3. The van der Waals surface area contributed by atoms with Crippen molar-refractivity contribution in [3.8, 4) is 0 Å². The molecule has 0 aliphatic rings. The van der Waals surface area contributed by atoms with Gasteiger partial charge in [-0.3, -0.25) is 0 Å². The largest absolute Gasteiger partial charge is 0.369 e. The maximum absolute atomic E-state index is 6.02. The third kappa shape index (κ3) is 2.73. The van der Waals surface area contributed by atoms with E-state index < -0.39 is 0 Å². The van der Waals surface area contributed by atoms with Crippen LogP contribution in [0.25, 0.3) is 10.8 Å². The minimum atomic E-state index is 0.0845. The molecule has 0 heterocycles. The van der Waals surface area contributed by atoms with E-state index in [1.807, 2.05) is 18.2 Å². The molecular formula is C19H18O. The van der Waals surface area contributed by atoms with Crippen molar-refractivity contribution in [2.24, 2.45) is 0 Å². The molecule has 0 fully saturated rings. The fraction of sp³-hybridized carbons (Fsp3) is 0.158. The van der Waals surface area contributed by atoms with Crippen LogP contribution in [0.5, 0.6) is 0 Å². The average molecular weight is 262 g/mol. The van der Waals surface area contributed by atoms with Crippen LogP contribution in [0, 0.1) is 0 Å². The van der Waals surface area contributed by atoms with E-state index in [0.29, 0.717) is 6.61 Å². The van der Waals surface area contributed by atoms with Gasteiger partial charge in [-0.1, -0.05) is 72.8 Å². The van der Waals surface area contributed by atoms with Gasteiger partial charge in [0.1, 0.15) is 0 Å². The van der Waals surface area contributed by atoms with E-state index in [2.05, 4.69) is 61.5 Å². The van der Waals surface area contributed by atoms with Gasteiger partial charge in [0.2, 0.25) is 0 Å². The first kappa shape index (κ1) is 12.9. The van der Waals surface area contributed by atoms with Crippen LogP contribution in [0.4, 0.5) is 0 Å². The molecule has 3 rings (SSSR count). The van der Waals surface area contributed by atoms with Gasteiger partial charge in [-0.2, -0.15) is 0 Å². The van der Waals surface area contributed by atoms with E-state index in [1.165, 1.54) is 21.9 Å². The van der Waals surface area contributed by atoms with Crippen LogP contribution in [0.15, 0.2) is 72.8 Å². The van der Waals surface area contributed by atoms with Crippen LogP contribution in [-0.2, 0) is 11.3 Å². The Bertz CT molecular complexity index is 683. The van der Waals surface area contributed by atoms with Gasteiger partial charge in [0.05, 0.1) is 12.7 Å². The molecule has 0 bridgehead atoms. The average Bonchev–Trinajstić information content (AvgIpc) is 2.53. The molecule has 0 saturated heterocycles. The topological polar surface area (TPSA) is 9.23 Å². The molecule has 20 heavy (non-hydrogen) atoms. The first-order valence-electron chi connectivity index (χ1n) is 6.98. The molecule has 0 aliphatic heterocycles. The van der Waals surface area contributed by atoms with Crippen molar-refractivity contribution in [3.63, 3.8) is 0 Å². The summed E-state index contributed by atoms with van der Waals surface area (Å²) in [6.07, 6.45) is 0.0845. The lowest BCUT2D eigenvalue weighted by Crippen LogP contribution is -2.01. The number of benzene rings is 3. The Morgan fingerprint density at radius 3 is 2.35 bits per heavy atom. The summed E-state index contributed by atoms with van der Waals surface area (Å²) in [7, 11) is 0. The van der Waals surface area contributed by atoms with Crippen molar-refractivity contribution in [1.29, 1.82) is 0 Å². The zero-order valence-corrected chi connectivity index (χ0v) is 11.6. The van der Waals surface area contributed by atoms with Gasteiger partial charge in [-0.05, 0) is 28.8 Å². The second kappa shape index (κ2) is 5.89. The molecular weight excluding hydrogens is 244 g/mol. The first-order chi connectivity index (χ1) is 9.84. The zero-order valence-electron chi connectivity index (χ0n) is 11.6.